The first-order chi connectivity index (χ1) is 11.6. The first-order valence-corrected chi connectivity index (χ1v) is 8.59. The van der Waals surface area contributed by atoms with E-state index in [0.717, 1.165) is 37.1 Å². The lowest BCUT2D eigenvalue weighted by Crippen LogP contribution is -2.40. The minimum atomic E-state index is -0.107. The van der Waals surface area contributed by atoms with E-state index in [1.54, 1.807) is 7.05 Å². The first-order valence-electron chi connectivity index (χ1n) is 8.59. The third-order valence-corrected chi connectivity index (χ3v) is 4.96. The number of hydrogen-bond acceptors (Lipinski definition) is 3. The molecule has 6 heteroatoms. The van der Waals surface area contributed by atoms with Gasteiger partial charge in [-0.15, -0.1) is 0 Å². The molecule has 1 unspecified atom stereocenters. The summed E-state index contributed by atoms with van der Waals surface area (Å²) in [6.45, 7) is 1.90. The van der Waals surface area contributed by atoms with Crippen molar-refractivity contribution in [1.82, 2.24) is 14.8 Å². The molecule has 24 heavy (non-hydrogen) atoms. The molecule has 2 aliphatic heterocycles. The smallest absolute Gasteiger partial charge is 0.267 e. The van der Waals surface area contributed by atoms with Crippen LogP contribution in [0.4, 0.5) is 0 Å². The van der Waals surface area contributed by atoms with Gasteiger partial charge in [0.2, 0.25) is 5.91 Å². The molecule has 0 aliphatic carbocycles. The second-order valence-corrected chi connectivity index (χ2v) is 6.35. The van der Waals surface area contributed by atoms with Gasteiger partial charge in [-0.1, -0.05) is 6.08 Å². The summed E-state index contributed by atoms with van der Waals surface area (Å²) in [5.74, 6) is 0.00951. The molecule has 0 saturated carbocycles. The number of piperidine rings is 1. The summed E-state index contributed by atoms with van der Waals surface area (Å²) in [6.07, 6.45) is 5.63. The van der Waals surface area contributed by atoms with E-state index < -0.39 is 0 Å². The number of nitrogens with zero attached hydrogens (tertiary/aromatic N) is 2. The fraction of sp³-hybridized carbons (Fsp3) is 0.556. The summed E-state index contributed by atoms with van der Waals surface area (Å²) in [4.78, 5) is 26.9. The van der Waals surface area contributed by atoms with E-state index in [4.69, 9.17) is 4.74 Å². The van der Waals surface area contributed by atoms with Crippen LogP contribution < -0.4 is 5.32 Å². The van der Waals surface area contributed by atoms with Gasteiger partial charge in [0.15, 0.2) is 0 Å². The summed E-state index contributed by atoms with van der Waals surface area (Å²) in [7, 11) is 3.52. The topological polar surface area (TPSA) is 63.6 Å². The van der Waals surface area contributed by atoms with Crippen LogP contribution in [0.2, 0.25) is 0 Å². The molecule has 0 bridgehead atoms. The maximum atomic E-state index is 13.0. The van der Waals surface area contributed by atoms with Crippen molar-refractivity contribution in [2.45, 2.75) is 31.7 Å². The van der Waals surface area contributed by atoms with Crippen LogP contribution >= 0.6 is 0 Å². The van der Waals surface area contributed by atoms with Gasteiger partial charge in [0.25, 0.3) is 5.91 Å². The van der Waals surface area contributed by atoms with Gasteiger partial charge in [0.05, 0.1) is 19.3 Å². The Morgan fingerprint density at radius 2 is 2.12 bits per heavy atom. The van der Waals surface area contributed by atoms with Gasteiger partial charge in [-0.05, 0) is 31.4 Å². The Hall–Kier alpha value is -2.08. The van der Waals surface area contributed by atoms with Crippen molar-refractivity contribution >= 4 is 11.8 Å². The van der Waals surface area contributed by atoms with E-state index >= 15 is 0 Å². The lowest BCUT2D eigenvalue weighted by Gasteiger charge is -2.37. The molecule has 1 saturated heterocycles. The van der Waals surface area contributed by atoms with Crippen molar-refractivity contribution in [1.29, 1.82) is 0 Å². The third-order valence-electron chi connectivity index (χ3n) is 4.96. The highest BCUT2D eigenvalue weighted by molar-refractivity contribution is 5.94. The van der Waals surface area contributed by atoms with E-state index in [0.29, 0.717) is 25.3 Å². The largest absolute Gasteiger partial charge is 0.377 e. The van der Waals surface area contributed by atoms with Gasteiger partial charge < -0.3 is 19.5 Å². The van der Waals surface area contributed by atoms with E-state index in [1.807, 2.05) is 34.7 Å². The Morgan fingerprint density at radius 3 is 2.83 bits per heavy atom. The highest BCUT2D eigenvalue weighted by atomic mass is 16.5. The Balaban J connectivity index is 1.87. The molecule has 3 heterocycles. The number of ether oxygens (including phenoxy) is 1. The van der Waals surface area contributed by atoms with Crippen LogP contribution in [0.1, 0.15) is 47.9 Å². The lowest BCUT2D eigenvalue weighted by molar-refractivity contribution is -0.131. The van der Waals surface area contributed by atoms with Gasteiger partial charge in [-0.25, -0.2) is 0 Å². The maximum Gasteiger partial charge on any atom is 0.267 e. The van der Waals surface area contributed by atoms with Gasteiger partial charge >= 0.3 is 0 Å². The highest BCUT2D eigenvalue weighted by Crippen LogP contribution is 2.33. The summed E-state index contributed by atoms with van der Waals surface area (Å²) in [5, 5.41) is 2.66. The average molecular weight is 331 g/mol. The number of carbonyl (C=O) groups excluding carboxylic acids is 2. The van der Waals surface area contributed by atoms with E-state index in [9.17, 15) is 9.59 Å². The average Bonchev–Trinajstić information content (AvgIpc) is 3.02. The zero-order valence-corrected chi connectivity index (χ0v) is 14.4. The molecular formula is C18H25N3O3. The van der Waals surface area contributed by atoms with Crippen molar-refractivity contribution in [2.24, 2.45) is 7.05 Å². The molecule has 2 amide bonds. The lowest BCUT2D eigenvalue weighted by atomic mass is 9.97. The number of rotatable bonds is 3. The zero-order chi connectivity index (χ0) is 17.1. The van der Waals surface area contributed by atoms with Crippen LogP contribution in [-0.2, 0) is 16.6 Å². The number of amides is 2. The zero-order valence-electron chi connectivity index (χ0n) is 14.4. The third kappa shape index (κ3) is 3.11. The molecule has 1 fully saturated rings. The fourth-order valence-electron chi connectivity index (χ4n) is 3.61. The summed E-state index contributed by atoms with van der Waals surface area (Å²) in [5.41, 5.74) is 2.50. The first kappa shape index (κ1) is 16.8. The van der Waals surface area contributed by atoms with Gasteiger partial charge in [0.1, 0.15) is 5.69 Å². The van der Waals surface area contributed by atoms with Gasteiger partial charge in [-0.2, -0.15) is 0 Å². The van der Waals surface area contributed by atoms with E-state index in [2.05, 4.69) is 5.32 Å². The summed E-state index contributed by atoms with van der Waals surface area (Å²) < 4.78 is 7.22. The van der Waals surface area contributed by atoms with Crippen molar-refractivity contribution in [3.63, 3.8) is 0 Å². The number of hydrogen-bond donors (Lipinski definition) is 1. The van der Waals surface area contributed by atoms with Crippen LogP contribution in [-0.4, -0.2) is 48.1 Å². The van der Waals surface area contributed by atoms with Crippen molar-refractivity contribution in [3.05, 3.63) is 35.2 Å². The molecule has 3 rings (SSSR count). The molecule has 130 valence electrons. The minimum absolute atomic E-state index is 0.0263. The molecule has 0 spiro atoms. The number of carbonyl (C=O) groups is 2. The van der Waals surface area contributed by atoms with Gasteiger partial charge in [0, 0.05) is 38.3 Å². The van der Waals surface area contributed by atoms with E-state index in [-0.39, 0.29) is 17.9 Å². The van der Waals surface area contributed by atoms with Crippen molar-refractivity contribution < 1.29 is 14.3 Å². The minimum Gasteiger partial charge on any atom is -0.377 e. The fourth-order valence-corrected chi connectivity index (χ4v) is 3.61. The second-order valence-electron chi connectivity index (χ2n) is 6.35. The predicted octanol–water partition coefficient (Wildman–Crippen LogP) is 1.78. The maximum absolute atomic E-state index is 13.0. The Morgan fingerprint density at radius 1 is 1.29 bits per heavy atom. The van der Waals surface area contributed by atoms with Crippen molar-refractivity contribution in [3.8, 4) is 0 Å². The molecular weight excluding hydrogens is 306 g/mol. The standard InChI is InChI=1S/C18H25N3O3/c1-19-17(22)16-7-6-14(20(16)2)15-5-3-4-10-21(15)18(23)13-8-11-24-12-9-13/h6-8,15H,3-5,9-12H2,1-2H3,(H,19,22). The van der Waals surface area contributed by atoms with Crippen LogP contribution in [0.5, 0.6) is 0 Å². The monoisotopic (exact) mass is 331 g/mol. The molecule has 1 aromatic rings. The van der Waals surface area contributed by atoms with Crippen molar-refractivity contribution in [2.75, 3.05) is 26.8 Å². The molecule has 1 N–H and O–H groups in total. The quantitative estimate of drug-likeness (QED) is 0.918. The highest BCUT2D eigenvalue weighted by Gasteiger charge is 2.32. The number of likely N-dealkylation sites (tertiary alicyclic amines) is 1. The SMILES string of the molecule is CNC(=O)c1ccc(C2CCCCN2C(=O)C2=CCOCC2)n1C. The number of nitrogens with one attached hydrogen (secondary N) is 1. The van der Waals surface area contributed by atoms with Crippen LogP contribution in [0.15, 0.2) is 23.8 Å². The molecule has 2 aliphatic rings. The van der Waals surface area contributed by atoms with E-state index in [1.165, 1.54) is 0 Å². The molecule has 1 atom stereocenters. The number of aromatic nitrogens is 1. The normalized spacial score (nSPS) is 21.3. The molecule has 0 radical (unpaired) electrons. The summed E-state index contributed by atoms with van der Waals surface area (Å²) in [6, 6.07) is 3.83. The molecule has 1 aromatic heterocycles. The Bertz CT molecular complexity index is 662. The second kappa shape index (κ2) is 7.21. The van der Waals surface area contributed by atoms with Gasteiger partial charge in [-0.3, -0.25) is 9.59 Å². The van der Waals surface area contributed by atoms with Crippen LogP contribution in [0, 0.1) is 0 Å². The van der Waals surface area contributed by atoms with Crippen LogP contribution in [0.25, 0.3) is 0 Å². The van der Waals surface area contributed by atoms with Crippen LogP contribution in [0.3, 0.4) is 0 Å². The Labute approximate surface area is 142 Å². The molecule has 6 nitrogen and oxygen atoms in total. The molecule has 0 aromatic carbocycles. The Kier molecular flexibility index (Phi) is 5.04. The summed E-state index contributed by atoms with van der Waals surface area (Å²) >= 11 is 0. The predicted molar refractivity (Wildman–Crippen MR) is 90.6 cm³/mol.